The minimum Gasteiger partial charge on any atom is -0.508 e. The maximum Gasteiger partial charge on any atom is 0.336 e. The number of anilines is 1. The van der Waals surface area contributed by atoms with Crippen molar-refractivity contribution in [3.05, 3.63) is 63.3 Å². The molecule has 0 aliphatic carbocycles. The van der Waals surface area contributed by atoms with Crippen molar-refractivity contribution < 1.29 is 24.5 Å². The van der Waals surface area contributed by atoms with Gasteiger partial charge in [0.25, 0.3) is 5.91 Å². The number of rotatable bonds is 4. The molecule has 1 amide bonds. The van der Waals surface area contributed by atoms with Crippen LogP contribution in [0.4, 0.5) is 5.69 Å². The quantitative estimate of drug-likeness (QED) is 0.548. The van der Waals surface area contributed by atoms with Gasteiger partial charge in [-0.1, -0.05) is 12.1 Å². The minimum absolute atomic E-state index is 0.109. The molecule has 2 heterocycles. The van der Waals surface area contributed by atoms with E-state index in [0.717, 1.165) is 16.7 Å². The molecule has 0 radical (unpaired) electrons. The summed E-state index contributed by atoms with van der Waals surface area (Å²) in [6, 6.07) is 12.0. The first-order valence-corrected chi connectivity index (χ1v) is 9.57. The molecule has 0 bridgehead atoms. The third-order valence-electron chi connectivity index (χ3n) is 4.75. The number of phenols is 1. The van der Waals surface area contributed by atoms with Gasteiger partial charge in [-0.2, -0.15) is 0 Å². The molecule has 146 valence electrons. The molecular weight excluding hydrogens is 390 g/mol. The topological polar surface area (TPSA) is 95.9 Å². The van der Waals surface area contributed by atoms with E-state index < -0.39 is 5.97 Å². The molecule has 0 atom stereocenters. The predicted molar refractivity (Wildman–Crippen MR) is 113 cm³/mol. The average molecular weight is 407 g/mol. The second-order valence-electron chi connectivity index (χ2n) is 6.58. The molecule has 6 nitrogen and oxygen atoms in total. The molecule has 29 heavy (non-hydrogen) atoms. The first-order valence-electron chi connectivity index (χ1n) is 8.76. The maximum absolute atomic E-state index is 12.5. The fraction of sp³-hybridized carbons (Fsp3) is 0.0909. The van der Waals surface area contributed by atoms with E-state index in [1.807, 2.05) is 18.2 Å². The van der Waals surface area contributed by atoms with Crippen molar-refractivity contribution in [1.29, 1.82) is 0 Å². The average Bonchev–Trinajstić information content (AvgIpc) is 3.21. The summed E-state index contributed by atoms with van der Waals surface area (Å²) in [6.45, 7) is 1.75. The van der Waals surface area contributed by atoms with E-state index in [9.17, 15) is 19.8 Å². The van der Waals surface area contributed by atoms with Gasteiger partial charge in [0.2, 0.25) is 0 Å². The molecule has 3 N–H and O–H groups in total. The number of carbonyl (C=O) groups is 2. The van der Waals surface area contributed by atoms with Gasteiger partial charge in [-0.3, -0.25) is 4.79 Å². The fourth-order valence-corrected chi connectivity index (χ4v) is 4.32. The molecular formula is C22H17NO5S. The highest BCUT2D eigenvalue weighted by atomic mass is 32.1. The third-order valence-corrected chi connectivity index (χ3v) is 5.75. The molecule has 7 heteroatoms. The normalized spacial score (nSPS) is 14.0. The molecule has 0 saturated heterocycles. The molecule has 0 spiro atoms. The summed E-state index contributed by atoms with van der Waals surface area (Å²) < 4.78 is 5.35. The summed E-state index contributed by atoms with van der Waals surface area (Å²) in [5, 5.41) is 21.7. The zero-order chi connectivity index (χ0) is 20.7. The number of aryl methyl sites for hydroxylation is 1. The van der Waals surface area contributed by atoms with E-state index in [4.69, 9.17) is 4.74 Å². The van der Waals surface area contributed by atoms with Gasteiger partial charge in [-0.25, -0.2) is 4.79 Å². The molecule has 2 aromatic carbocycles. The second kappa shape index (κ2) is 7.10. The highest BCUT2D eigenvalue weighted by molar-refractivity contribution is 7.13. The Hall–Kier alpha value is -3.58. The molecule has 1 aliphatic rings. The number of methoxy groups -OCH3 is 1. The Morgan fingerprint density at radius 2 is 1.90 bits per heavy atom. The molecule has 0 saturated carbocycles. The van der Waals surface area contributed by atoms with Crippen LogP contribution < -0.4 is 10.1 Å². The van der Waals surface area contributed by atoms with Gasteiger partial charge < -0.3 is 20.3 Å². The van der Waals surface area contributed by atoms with Crippen molar-refractivity contribution >= 4 is 40.5 Å². The van der Waals surface area contributed by atoms with Crippen LogP contribution in [0.25, 0.3) is 22.8 Å². The van der Waals surface area contributed by atoms with Gasteiger partial charge in [-0.05, 0) is 42.8 Å². The van der Waals surface area contributed by atoms with Crippen LogP contribution in [0.1, 0.15) is 25.7 Å². The molecule has 1 aromatic heterocycles. The largest absolute Gasteiger partial charge is 0.508 e. The second-order valence-corrected chi connectivity index (χ2v) is 7.87. The molecule has 4 rings (SSSR count). The number of hydrogen-bond acceptors (Lipinski definition) is 5. The number of carboxylic acids is 1. The van der Waals surface area contributed by atoms with Gasteiger partial charge in [0.15, 0.2) is 0 Å². The minimum atomic E-state index is -0.979. The van der Waals surface area contributed by atoms with E-state index in [1.54, 1.807) is 31.2 Å². The first kappa shape index (κ1) is 18.8. The van der Waals surface area contributed by atoms with Gasteiger partial charge in [0, 0.05) is 32.6 Å². The highest BCUT2D eigenvalue weighted by Gasteiger charge is 2.25. The number of phenolic OH excluding ortho intramolecular Hbond substituents is 1. The number of benzene rings is 2. The van der Waals surface area contributed by atoms with Crippen LogP contribution in [-0.4, -0.2) is 29.2 Å². The van der Waals surface area contributed by atoms with Gasteiger partial charge in [0.05, 0.1) is 18.2 Å². The zero-order valence-corrected chi connectivity index (χ0v) is 16.5. The lowest BCUT2D eigenvalue weighted by Gasteiger charge is -2.10. The summed E-state index contributed by atoms with van der Waals surface area (Å²) in [6.07, 6.45) is 1.71. The number of thiophene rings is 1. The third kappa shape index (κ3) is 3.36. The van der Waals surface area contributed by atoms with Gasteiger partial charge in [-0.15, -0.1) is 11.3 Å². The lowest BCUT2D eigenvalue weighted by atomic mass is 9.99. The summed E-state index contributed by atoms with van der Waals surface area (Å²) in [4.78, 5) is 25.2. The maximum atomic E-state index is 12.5. The monoisotopic (exact) mass is 407 g/mol. The summed E-state index contributed by atoms with van der Waals surface area (Å²) >= 11 is 1.34. The Kier molecular flexibility index (Phi) is 4.60. The number of hydrogen-bond donors (Lipinski definition) is 3. The van der Waals surface area contributed by atoms with Crippen molar-refractivity contribution in [2.45, 2.75) is 6.92 Å². The van der Waals surface area contributed by atoms with E-state index in [2.05, 4.69) is 5.32 Å². The Balaban J connectivity index is 1.75. The summed E-state index contributed by atoms with van der Waals surface area (Å²) in [7, 11) is 1.53. The summed E-state index contributed by atoms with van der Waals surface area (Å²) in [5.74, 6) is -0.581. The Morgan fingerprint density at radius 1 is 1.14 bits per heavy atom. The molecule has 0 fully saturated rings. The number of nitrogens with one attached hydrogen (secondary N) is 1. The molecule has 1 aliphatic heterocycles. The standard InChI is InChI=1S/C22H17NO5S/c1-11-17(22(26)27)9-14(29-11)10-18-16-5-3-12(7-19(16)23-21(18)25)15-6-4-13(24)8-20(15)28-2/h3-10,24H,1-2H3,(H,23,25)(H,26,27)/b18-10-. The number of aromatic carboxylic acids is 1. The zero-order valence-electron chi connectivity index (χ0n) is 15.6. The van der Waals surface area contributed by atoms with Crippen molar-refractivity contribution in [2.24, 2.45) is 0 Å². The van der Waals surface area contributed by atoms with Crippen LogP contribution in [0.2, 0.25) is 0 Å². The number of aromatic hydroxyl groups is 1. The Morgan fingerprint density at radius 3 is 2.59 bits per heavy atom. The SMILES string of the molecule is COc1cc(O)ccc1-c1ccc2c(c1)NC(=O)/C2=C\c1cc(C(=O)O)c(C)s1. The van der Waals surface area contributed by atoms with Crippen LogP contribution in [-0.2, 0) is 4.79 Å². The first-order chi connectivity index (χ1) is 13.9. The molecule has 0 unspecified atom stereocenters. The Labute approximate surface area is 170 Å². The summed E-state index contributed by atoms with van der Waals surface area (Å²) in [5.41, 5.74) is 3.78. The van der Waals surface area contributed by atoms with Crippen LogP contribution >= 0.6 is 11.3 Å². The van der Waals surface area contributed by atoms with Crippen LogP contribution in [0.5, 0.6) is 11.5 Å². The van der Waals surface area contributed by atoms with Crippen molar-refractivity contribution in [1.82, 2.24) is 0 Å². The number of fused-ring (bicyclic) bond motifs is 1. The number of amides is 1. The highest BCUT2D eigenvalue weighted by Crippen LogP contribution is 2.40. The van der Waals surface area contributed by atoms with Crippen LogP contribution in [0.15, 0.2) is 42.5 Å². The van der Waals surface area contributed by atoms with E-state index in [-0.39, 0.29) is 17.2 Å². The number of carboxylic acid groups (broad SMARTS) is 1. The van der Waals surface area contributed by atoms with Crippen LogP contribution in [0.3, 0.4) is 0 Å². The fourth-order valence-electron chi connectivity index (χ4n) is 3.35. The lowest BCUT2D eigenvalue weighted by Crippen LogP contribution is -2.03. The van der Waals surface area contributed by atoms with Gasteiger partial charge >= 0.3 is 5.97 Å². The van der Waals surface area contributed by atoms with Crippen molar-refractivity contribution in [3.63, 3.8) is 0 Å². The molecule has 3 aromatic rings. The van der Waals surface area contributed by atoms with Crippen molar-refractivity contribution in [2.75, 3.05) is 12.4 Å². The van der Waals surface area contributed by atoms with Crippen LogP contribution in [0, 0.1) is 6.92 Å². The van der Waals surface area contributed by atoms with Crippen molar-refractivity contribution in [3.8, 4) is 22.6 Å². The number of carbonyl (C=O) groups excluding carboxylic acids is 1. The van der Waals surface area contributed by atoms with E-state index in [1.165, 1.54) is 24.5 Å². The smallest absolute Gasteiger partial charge is 0.336 e. The lowest BCUT2D eigenvalue weighted by molar-refractivity contribution is -0.110. The van der Waals surface area contributed by atoms with Gasteiger partial charge in [0.1, 0.15) is 11.5 Å². The van der Waals surface area contributed by atoms with E-state index >= 15 is 0 Å². The predicted octanol–water partition coefficient (Wildman–Crippen LogP) is 4.63. The van der Waals surface area contributed by atoms with E-state index in [0.29, 0.717) is 26.8 Å². The number of ether oxygens (including phenoxy) is 1. The Bertz CT molecular complexity index is 1190.